The summed E-state index contributed by atoms with van der Waals surface area (Å²) in [6.45, 7) is 0. The lowest BCUT2D eigenvalue weighted by molar-refractivity contribution is -0.137. The topological polar surface area (TPSA) is 73.0 Å². The van der Waals surface area contributed by atoms with Crippen LogP contribution in [0.3, 0.4) is 0 Å². The maximum atomic E-state index is 13.0. The second-order valence-corrected chi connectivity index (χ2v) is 7.07. The lowest BCUT2D eigenvalue weighted by atomic mass is 10.1. The van der Waals surface area contributed by atoms with Gasteiger partial charge in [0.05, 0.1) is 17.0 Å². The van der Waals surface area contributed by atoms with Gasteiger partial charge in [0, 0.05) is 7.05 Å². The molecule has 0 bridgehead atoms. The van der Waals surface area contributed by atoms with Crippen LogP contribution in [-0.2, 0) is 18.0 Å². The minimum absolute atomic E-state index is 0.125. The van der Waals surface area contributed by atoms with E-state index in [0.717, 1.165) is 17.8 Å². The first-order valence-corrected chi connectivity index (χ1v) is 9.27. The van der Waals surface area contributed by atoms with Crippen LogP contribution >= 0.6 is 27.7 Å². The van der Waals surface area contributed by atoms with Crippen molar-refractivity contribution in [2.45, 2.75) is 11.3 Å². The van der Waals surface area contributed by atoms with Crippen LogP contribution in [0.1, 0.15) is 5.56 Å². The molecule has 3 aromatic rings. The molecule has 0 aliphatic rings. The number of alkyl halides is 3. The zero-order valence-electron chi connectivity index (χ0n) is 13.7. The molecule has 0 fully saturated rings. The van der Waals surface area contributed by atoms with E-state index < -0.39 is 17.6 Å². The zero-order chi connectivity index (χ0) is 19.6. The molecule has 1 amide bonds. The molecule has 1 aromatic carbocycles. The van der Waals surface area contributed by atoms with E-state index in [-0.39, 0.29) is 11.4 Å². The predicted molar refractivity (Wildman–Crippen MR) is 97.2 cm³/mol. The van der Waals surface area contributed by atoms with Crippen molar-refractivity contribution >= 4 is 39.3 Å². The van der Waals surface area contributed by atoms with Crippen LogP contribution in [0, 0.1) is 0 Å². The molecule has 0 atom stereocenters. The number of benzene rings is 1. The van der Waals surface area contributed by atoms with Crippen molar-refractivity contribution < 1.29 is 22.4 Å². The lowest BCUT2D eigenvalue weighted by Crippen LogP contribution is -2.18. The van der Waals surface area contributed by atoms with Gasteiger partial charge < -0.3 is 14.3 Å². The molecule has 0 radical (unpaired) electrons. The number of para-hydroxylation sites is 1. The third-order valence-electron chi connectivity index (χ3n) is 3.47. The second kappa shape index (κ2) is 7.77. The number of amides is 1. The lowest BCUT2D eigenvalue weighted by Gasteiger charge is -2.13. The van der Waals surface area contributed by atoms with Gasteiger partial charge in [0.1, 0.15) is 0 Å². The van der Waals surface area contributed by atoms with E-state index in [0.29, 0.717) is 21.4 Å². The van der Waals surface area contributed by atoms with Crippen LogP contribution in [0.4, 0.5) is 18.9 Å². The highest BCUT2D eigenvalue weighted by Gasteiger charge is 2.33. The Morgan fingerprint density at radius 2 is 2.00 bits per heavy atom. The highest BCUT2D eigenvalue weighted by atomic mass is 79.9. The number of aromatic nitrogens is 3. The summed E-state index contributed by atoms with van der Waals surface area (Å²) in [4.78, 5) is 12.1. The number of nitrogens with zero attached hydrogens (tertiary/aromatic N) is 3. The highest BCUT2D eigenvalue weighted by molar-refractivity contribution is 9.10. The van der Waals surface area contributed by atoms with E-state index in [4.69, 9.17) is 4.42 Å². The Hall–Kier alpha value is -2.27. The van der Waals surface area contributed by atoms with E-state index in [1.807, 2.05) is 0 Å². The van der Waals surface area contributed by atoms with Crippen LogP contribution in [0.5, 0.6) is 0 Å². The quantitative estimate of drug-likeness (QED) is 0.563. The van der Waals surface area contributed by atoms with E-state index in [1.165, 1.54) is 18.2 Å². The fraction of sp³-hybridized carbons (Fsp3) is 0.188. The monoisotopic (exact) mass is 460 g/mol. The molecule has 2 aromatic heterocycles. The molecule has 0 spiro atoms. The van der Waals surface area contributed by atoms with E-state index >= 15 is 0 Å². The standard InChI is InChI=1S/C16H12BrF3N4O2S/c1-24-14(11-6-7-12(17)26-11)22-23-15(24)27-8-13(25)21-10-5-3-2-4-9(10)16(18,19)20/h2-7H,8H2,1H3,(H,21,25). The maximum Gasteiger partial charge on any atom is 0.418 e. The van der Waals surface area contributed by atoms with Crippen LogP contribution < -0.4 is 5.32 Å². The number of halogens is 4. The summed E-state index contributed by atoms with van der Waals surface area (Å²) in [5.74, 6) is 0.250. The molecule has 0 aliphatic heterocycles. The van der Waals surface area contributed by atoms with Crippen LogP contribution in [-0.4, -0.2) is 26.4 Å². The number of carbonyl (C=O) groups is 1. The van der Waals surface area contributed by atoms with Crippen molar-refractivity contribution in [1.82, 2.24) is 14.8 Å². The van der Waals surface area contributed by atoms with Crippen molar-refractivity contribution in [1.29, 1.82) is 0 Å². The van der Waals surface area contributed by atoms with Gasteiger partial charge >= 0.3 is 6.18 Å². The van der Waals surface area contributed by atoms with E-state index in [2.05, 4.69) is 31.4 Å². The van der Waals surface area contributed by atoms with Crippen LogP contribution in [0.2, 0.25) is 0 Å². The number of thioether (sulfide) groups is 1. The van der Waals surface area contributed by atoms with Gasteiger partial charge in [-0.25, -0.2) is 0 Å². The molecule has 27 heavy (non-hydrogen) atoms. The molecule has 11 heteroatoms. The fourth-order valence-corrected chi connectivity index (χ4v) is 3.26. The Kier molecular flexibility index (Phi) is 5.61. The largest absolute Gasteiger partial charge is 0.446 e. The van der Waals surface area contributed by atoms with Crippen molar-refractivity contribution in [2.75, 3.05) is 11.1 Å². The summed E-state index contributed by atoms with van der Waals surface area (Å²) in [6.07, 6.45) is -4.55. The molecule has 6 nitrogen and oxygen atoms in total. The van der Waals surface area contributed by atoms with Gasteiger partial charge in [0.2, 0.25) is 5.91 Å². The third-order valence-corrected chi connectivity index (χ3v) is 4.91. The molecule has 0 aliphatic carbocycles. The average Bonchev–Trinajstić information content (AvgIpc) is 3.18. The van der Waals surface area contributed by atoms with Gasteiger partial charge in [0.15, 0.2) is 21.4 Å². The molecule has 142 valence electrons. The minimum Gasteiger partial charge on any atom is -0.446 e. The molecule has 2 heterocycles. The minimum atomic E-state index is -4.55. The zero-order valence-corrected chi connectivity index (χ0v) is 16.2. The van der Waals surface area contributed by atoms with Gasteiger partial charge in [0.25, 0.3) is 0 Å². The molecule has 0 saturated carbocycles. The summed E-state index contributed by atoms with van der Waals surface area (Å²) in [5, 5.41) is 10.7. The SMILES string of the molecule is Cn1c(SCC(=O)Nc2ccccc2C(F)(F)F)nnc1-c1ccc(Br)o1. The van der Waals surface area contributed by atoms with Gasteiger partial charge in [-0.05, 0) is 40.2 Å². The fourth-order valence-electron chi connectivity index (χ4n) is 2.25. The molecule has 1 N–H and O–H groups in total. The Bertz CT molecular complexity index is 971. The maximum absolute atomic E-state index is 13.0. The Morgan fingerprint density at radius 1 is 1.26 bits per heavy atom. The van der Waals surface area contributed by atoms with Crippen molar-refractivity contribution in [3.8, 4) is 11.6 Å². The van der Waals surface area contributed by atoms with Crippen molar-refractivity contribution in [3.63, 3.8) is 0 Å². The summed E-state index contributed by atoms with van der Waals surface area (Å²) in [6, 6.07) is 8.24. The Balaban J connectivity index is 1.66. The molecule has 0 saturated heterocycles. The Morgan fingerprint density at radius 3 is 2.67 bits per heavy atom. The Labute approximate surface area is 164 Å². The summed E-state index contributed by atoms with van der Waals surface area (Å²) >= 11 is 4.25. The first-order valence-electron chi connectivity index (χ1n) is 7.49. The van der Waals surface area contributed by atoms with Crippen LogP contribution in [0.15, 0.2) is 50.6 Å². The number of nitrogens with one attached hydrogen (secondary N) is 1. The normalized spacial score (nSPS) is 11.6. The van der Waals surface area contributed by atoms with Crippen LogP contribution in [0.25, 0.3) is 11.6 Å². The number of carbonyl (C=O) groups excluding carboxylic acids is 1. The smallest absolute Gasteiger partial charge is 0.418 e. The van der Waals surface area contributed by atoms with Gasteiger partial charge in [-0.15, -0.1) is 10.2 Å². The highest BCUT2D eigenvalue weighted by Crippen LogP contribution is 2.34. The number of hydrogen-bond acceptors (Lipinski definition) is 5. The number of rotatable bonds is 5. The predicted octanol–water partition coefficient (Wildman–Crippen LogP) is 4.59. The first-order chi connectivity index (χ1) is 12.8. The van der Waals surface area contributed by atoms with E-state index in [9.17, 15) is 18.0 Å². The summed E-state index contributed by atoms with van der Waals surface area (Å²) in [7, 11) is 1.70. The number of anilines is 1. The average molecular weight is 461 g/mol. The molecule has 3 rings (SSSR count). The van der Waals surface area contributed by atoms with E-state index in [1.54, 1.807) is 23.7 Å². The van der Waals surface area contributed by atoms with Gasteiger partial charge in [-0.3, -0.25) is 4.79 Å². The molecular formula is C16H12BrF3N4O2S. The summed E-state index contributed by atoms with van der Waals surface area (Å²) in [5.41, 5.74) is -1.18. The third kappa shape index (κ3) is 4.53. The first kappa shape index (κ1) is 19.5. The number of furan rings is 1. The van der Waals surface area contributed by atoms with Gasteiger partial charge in [-0.1, -0.05) is 23.9 Å². The van der Waals surface area contributed by atoms with Crippen molar-refractivity contribution in [3.05, 3.63) is 46.6 Å². The second-order valence-electron chi connectivity index (χ2n) is 5.35. The van der Waals surface area contributed by atoms with Gasteiger partial charge in [-0.2, -0.15) is 13.2 Å². The molecular weight excluding hydrogens is 449 g/mol. The molecule has 0 unspecified atom stereocenters. The summed E-state index contributed by atoms with van der Waals surface area (Å²) < 4.78 is 46.5. The number of hydrogen-bond donors (Lipinski definition) is 1. The van der Waals surface area contributed by atoms with Crippen molar-refractivity contribution in [2.24, 2.45) is 7.05 Å².